The average molecular weight is 489 g/mol. The molecule has 2 aromatic carbocycles. The smallest absolute Gasteiger partial charge is 0.318 e. The van der Waals surface area contributed by atoms with Crippen LogP contribution in [0.2, 0.25) is 0 Å². The summed E-state index contributed by atoms with van der Waals surface area (Å²) < 4.78 is 21.3. The van der Waals surface area contributed by atoms with Crippen molar-refractivity contribution in [2.24, 2.45) is 0 Å². The van der Waals surface area contributed by atoms with Gasteiger partial charge in [0.15, 0.2) is 11.5 Å². The number of esters is 1. The van der Waals surface area contributed by atoms with E-state index in [-0.39, 0.29) is 11.9 Å². The van der Waals surface area contributed by atoms with E-state index >= 15 is 0 Å². The molecule has 9 heteroatoms. The lowest BCUT2D eigenvalue weighted by atomic mass is 10.1. The van der Waals surface area contributed by atoms with Crippen LogP contribution in [0.1, 0.15) is 22.8 Å². The van der Waals surface area contributed by atoms with Gasteiger partial charge in [-0.2, -0.15) is 0 Å². The molecular weight excluding hydrogens is 456 g/mol. The minimum Gasteiger partial charge on any atom is -0.493 e. The highest BCUT2D eigenvalue weighted by Gasteiger charge is 2.26. The lowest BCUT2D eigenvalue weighted by Crippen LogP contribution is -2.48. The Morgan fingerprint density at radius 1 is 0.912 bits per heavy atom. The van der Waals surface area contributed by atoms with Crippen molar-refractivity contribution in [2.75, 3.05) is 54.6 Å². The van der Waals surface area contributed by atoms with Gasteiger partial charge < -0.3 is 23.8 Å². The Hall–Kier alpha value is -2.91. The van der Waals surface area contributed by atoms with Crippen molar-refractivity contribution in [1.82, 2.24) is 9.80 Å². The first-order chi connectivity index (χ1) is 16.4. The lowest BCUT2D eigenvalue weighted by Gasteiger charge is -2.35. The van der Waals surface area contributed by atoms with Crippen LogP contribution in [0.15, 0.2) is 41.3 Å². The molecule has 184 valence electrons. The fourth-order valence-corrected chi connectivity index (χ4v) is 4.97. The van der Waals surface area contributed by atoms with Crippen LogP contribution >= 0.6 is 11.8 Å². The SMILES string of the molecule is COC(=O)C(C)Sc1ccccc1C(=O)N1CCN(Cc2ccc(OC)c(OC)c2OC)CC1. The van der Waals surface area contributed by atoms with Crippen LogP contribution < -0.4 is 14.2 Å². The second-order valence-corrected chi connectivity index (χ2v) is 9.22. The van der Waals surface area contributed by atoms with Gasteiger partial charge in [0.05, 0.1) is 34.0 Å². The largest absolute Gasteiger partial charge is 0.493 e. The first-order valence-corrected chi connectivity index (χ1v) is 11.9. The molecule has 1 atom stereocenters. The van der Waals surface area contributed by atoms with E-state index in [1.54, 1.807) is 28.3 Å². The maximum Gasteiger partial charge on any atom is 0.318 e. The Morgan fingerprint density at radius 3 is 2.21 bits per heavy atom. The fraction of sp³-hybridized carbons (Fsp3) is 0.440. The van der Waals surface area contributed by atoms with Crippen LogP contribution in [0.3, 0.4) is 0 Å². The number of thioether (sulfide) groups is 1. The van der Waals surface area contributed by atoms with Crippen molar-refractivity contribution < 1.29 is 28.5 Å². The zero-order valence-corrected chi connectivity index (χ0v) is 21.1. The van der Waals surface area contributed by atoms with Gasteiger partial charge in [0.25, 0.3) is 5.91 Å². The molecule has 0 bridgehead atoms. The van der Waals surface area contributed by atoms with Crippen molar-refractivity contribution in [3.8, 4) is 17.2 Å². The number of carbonyl (C=O) groups is 2. The van der Waals surface area contributed by atoms with Gasteiger partial charge in [0, 0.05) is 43.2 Å². The molecular formula is C25H32N2O6S. The Kier molecular flexibility index (Phi) is 9.06. The Labute approximate surface area is 205 Å². The molecule has 0 spiro atoms. The zero-order chi connectivity index (χ0) is 24.7. The monoisotopic (exact) mass is 488 g/mol. The van der Waals surface area contributed by atoms with Gasteiger partial charge in [0.2, 0.25) is 5.75 Å². The Morgan fingerprint density at radius 2 is 1.59 bits per heavy atom. The number of nitrogens with zero attached hydrogens (tertiary/aromatic N) is 2. The van der Waals surface area contributed by atoms with E-state index in [1.165, 1.54) is 18.9 Å². The van der Waals surface area contributed by atoms with Crippen LogP contribution in [0.25, 0.3) is 0 Å². The van der Waals surface area contributed by atoms with Crippen molar-refractivity contribution in [2.45, 2.75) is 23.6 Å². The first-order valence-electron chi connectivity index (χ1n) is 11.1. The summed E-state index contributed by atoms with van der Waals surface area (Å²) in [4.78, 5) is 30.1. The molecule has 1 amide bonds. The van der Waals surface area contributed by atoms with E-state index < -0.39 is 5.25 Å². The number of piperazine rings is 1. The second kappa shape index (κ2) is 12.0. The normalized spacial score (nSPS) is 14.9. The highest BCUT2D eigenvalue weighted by atomic mass is 32.2. The summed E-state index contributed by atoms with van der Waals surface area (Å²) >= 11 is 1.34. The average Bonchev–Trinajstić information content (AvgIpc) is 2.88. The van der Waals surface area contributed by atoms with Crippen molar-refractivity contribution in [1.29, 1.82) is 0 Å². The summed E-state index contributed by atoms with van der Waals surface area (Å²) in [7, 11) is 6.18. The number of methoxy groups -OCH3 is 4. The number of ether oxygens (including phenoxy) is 4. The highest BCUT2D eigenvalue weighted by molar-refractivity contribution is 8.00. The Bertz CT molecular complexity index is 1010. The zero-order valence-electron chi connectivity index (χ0n) is 20.3. The lowest BCUT2D eigenvalue weighted by molar-refractivity contribution is -0.139. The van der Waals surface area contributed by atoms with Crippen molar-refractivity contribution in [3.63, 3.8) is 0 Å². The van der Waals surface area contributed by atoms with Crippen LogP contribution in [-0.2, 0) is 16.1 Å². The molecule has 1 aliphatic heterocycles. The number of hydrogen-bond acceptors (Lipinski definition) is 8. The molecule has 0 saturated carbocycles. The summed E-state index contributed by atoms with van der Waals surface area (Å²) in [5.41, 5.74) is 1.61. The van der Waals surface area contributed by atoms with Gasteiger partial charge in [-0.3, -0.25) is 14.5 Å². The number of amides is 1. The molecule has 0 N–H and O–H groups in total. The molecule has 1 aliphatic rings. The van der Waals surface area contributed by atoms with Crippen LogP contribution in [0.5, 0.6) is 17.2 Å². The van der Waals surface area contributed by atoms with E-state index in [4.69, 9.17) is 18.9 Å². The molecule has 34 heavy (non-hydrogen) atoms. The standard InChI is InChI=1S/C25H32N2O6S/c1-17(25(29)33-5)34-21-9-7-6-8-19(21)24(28)27-14-12-26(13-15-27)16-18-10-11-20(30-2)23(32-4)22(18)31-3/h6-11,17H,12-16H2,1-5H3. The third-order valence-electron chi connectivity index (χ3n) is 5.79. The van der Waals surface area contributed by atoms with Gasteiger partial charge >= 0.3 is 5.97 Å². The summed E-state index contributed by atoms with van der Waals surface area (Å²) in [5.74, 6) is 1.52. The minimum absolute atomic E-state index is 0.0245. The minimum atomic E-state index is -0.396. The number of benzene rings is 2. The van der Waals surface area contributed by atoms with Gasteiger partial charge in [-0.1, -0.05) is 18.2 Å². The maximum atomic E-state index is 13.3. The van der Waals surface area contributed by atoms with E-state index in [1.807, 2.05) is 41.3 Å². The van der Waals surface area contributed by atoms with E-state index in [9.17, 15) is 9.59 Å². The Balaban J connectivity index is 1.66. The van der Waals surface area contributed by atoms with E-state index in [2.05, 4.69) is 4.90 Å². The molecule has 8 nitrogen and oxygen atoms in total. The molecule has 0 aromatic heterocycles. The topological polar surface area (TPSA) is 77.5 Å². The van der Waals surface area contributed by atoms with Crippen LogP contribution in [-0.4, -0.2) is 81.5 Å². The third kappa shape index (κ3) is 5.77. The van der Waals surface area contributed by atoms with Gasteiger partial charge in [0.1, 0.15) is 5.25 Å². The van der Waals surface area contributed by atoms with Gasteiger partial charge in [-0.25, -0.2) is 0 Å². The van der Waals surface area contributed by atoms with Crippen LogP contribution in [0.4, 0.5) is 0 Å². The van der Waals surface area contributed by atoms with Crippen molar-refractivity contribution in [3.05, 3.63) is 47.5 Å². The summed E-state index contributed by atoms with van der Waals surface area (Å²) in [6.07, 6.45) is 0. The molecule has 1 unspecified atom stereocenters. The molecule has 3 rings (SSSR count). The molecule has 1 heterocycles. The molecule has 1 saturated heterocycles. The fourth-order valence-electron chi connectivity index (χ4n) is 3.96. The van der Waals surface area contributed by atoms with E-state index in [0.29, 0.717) is 42.4 Å². The highest BCUT2D eigenvalue weighted by Crippen LogP contribution is 2.40. The first kappa shape index (κ1) is 25.7. The summed E-state index contributed by atoms with van der Waals surface area (Å²) in [6, 6.07) is 11.3. The predicted octanol–water partition coefficient (Wildman–Crippen LogP) is 3.32. The summed E-state index contributed by atoms with van der Waals surface area (Å²) in [6.45, 7) is 5.14. The summed E-state index contributed by atoms with van der Waals surface area (Å²) in [5, 5.41) is -0.396. The van der Waals surface area contributed by atoms with Gasteiger partial charge in [-0.15, -0.1) is 11.8 Å². The quantitative estimate of drug-likeness (QED) is 0.393. The second-order valence-electron chi connectivity index (χ2n) is 7.84. The third-order valence-corrected chi connectivity index (χ3v) is 6.95. The van der Waals surface area contributed by atoms with Gasteiger partial charge in [-0.05, 0) is 25.1 Å². The molecule has 2 aromatic rings. The molecule has 1 fully saturated rings. The number of carbonyl (C=O) groups excluding carboxylic acids is 2. The number of rotatable bonds is 9. The molecule has 0 aliphatic carbocycles. The van der Waals surface area contributed by atoms with Crippen molar-refractivity contribution >= 4 is 23.6 Å². The maximum absolute atomic E-state index is 13.3. The van der Waals surface area contributed by atoms with Crippen LogP contribution in [0, 0.1) is 0 Å². The number of hydrogen-bond donors (Lipinski definition) is 0. The van der Waals surface area contributed by atoms with E-state index in [0.717, 1.165) is 23.5 Å². The molecule has 0 radical (unpaired) electrons. The predicted molar refractivity (Wildman–Crippen MR) is 131 cm³/mol.